The molecule has 0 unspecified atom stereocenters. The van der Waals surface area contributed by atoms with Crippen molar-refractivity contribution in [2.75, 3.05) is 31.2 Å². The zero-order valence-electron chi connectivity index (χ0n) is 14.8. The van der Waals surface area contributed by atoms with Crippen molar-refractivity contribution in [3.63, 3.8) is 0 Å². The summed E-state index contributed by atoms with van der Waals surface area (Å²) in [6.07, 6.45) is 2.11. The maximum atomic E-state index is 12.5. The van der Waals surface area contributed by atoms with E-state index in [4.69, 9.17) is 10.5 Å². The number of rotatable bonds is 7. The van der Waals surface area contributed by atoms with Crippen LogP contribution in [0, 0.1) is 6.92 Å². The first-order valence-corrected chi connectivity index (χ1v) is 9.44. The largest absolute Gasteiger partial charge is 0.381 e. The molecule has 0 spiro atoms. The molecule has 0 atom stereocenters. The van der Waals surface area contributed by atoms with Crippen molar-refractivity contribution in [2.45, 2.75) is 39.2 Å². The highest BCUT2D eigenvalue weighted by Gasteiger charge is 2.24. The topological polar surface area (TPSA) is 84.7 Å². The van der Waals surface area contributed by atoms with Crippen LogP contribution in [0.5, 0.6) is 0 Å². The van der Waals surface area contributed by atoms with E-state index in [2.05, 4.69) is 39.1 Å². The number of halogens is 1. The summed E-state index contributed by atoms with van der Waals surface area (Å²) in [7, 11) is 0. The third kappa shape index (κ3) is 5.19. The van der Waals surface area contributed by atoms with E-state index in [-0.39, 0.29) is 18.9 Å². The summed E-state index contributed by atoms with van der Waals surface area (Å²) in [5, 5.41) is 2.76. The number of nitrogens with zero attached hydrogens (tertiary/aromatic N) is 1. The molecule has 1 aromatic carbocycles. The van der Waals surface area contributed by atoms with Gasteiger partial charge in [-0.15, -0.1) is 0 Å². The van der Waals surface area contributed by atoms with Gasteiger partial charge in [0.1, 0.15) is 0 Å². The van der Waals surface area contributed by atoms with E-state index in [9.17, 15) is 9.59 Å². The third-order valence-corrected chi connectivity index (χ3v) is 4.99. The zero-order valence-corrected chi connectivity index (χ0v) is 16.4. The minimum atomic E-state index is -0.427. The Morgan fingerprint density at radius 2 is 2.04 bits per heavy atom. The molecule has 0 aromatic heterocycles. The normalized spacial score (nSPS) is 15.0. The molecule has 1 aromatic rings. The van der Waals surface area contributed by atoms with Crippen molar-refractivity contribution in [3.8, 4) is 0 Å². The lowest BCUT2D eigenvalue weighted by atomic mass is 10.0. The van der Waals surface area contributed by atoms with Gasteiger partial charge in [0, 0.05) is 54.5 Å². The van der Waals surface area contributed by atoms with Crippen molar-refractivity contribution in [1.82, 2.24) is 5.32 Å². The van der Waals surface area contributed by atoms with Gasteiger partial charge in [-0.3, -0.25) is 9.59 Å². The van der Waals surface area contributed by atoms with E-state index in [0.717, 1.165) is 48.3 Å². The summed E-state index contributed by atoms with van der Waals surface area (Å²) in [5.41, 5.74) is 7.73. The summed E-state index contributed by atoms with van der Waals surface area (Å²) >= 11 is 3.52. The monoisotopic (exact) mass is 411 g/mol. The lowest BCUT2D eigenvalue weighted by Gasteiger charge is -2.36. The van der Waals surface area contributed by atoms with Gasteiger partial charge in [0.2, 0.25) is 5.91 Å². The van der Waals surface area contributed by atoms with E-state index >= 15 is 0 Å². The molecule has 1 fully saturated rings. The Labute approximate surface area is 157 Å². The molecule has 0 bridgehead atoms. The predicted molar refractivity (Wildman–Crippen MR) is 102 cm³/mol. The van der Waals surface area contributed by atoms with E-state index in [0.29, 0.717) is 11.6 Å². The van der Waals surface area contributed by atoms with Gasteiger partial charge < -0.3 is 20.7 Å². The standard InChI is InChI=1S/C18H26BrN3O3/c1-3-22(14-5-8-25-9-6-14)16-11-13(19)10-15(12(16)2)18(24)21-7-4-17(20)23/h10-11,14H,3-9H2,1-2H3,(H2,20,23)(H,21,24). The van der Waals surface area contributed by atoms with Crippen molar-refractivity contribution in [2.24, 2.45) is 5.73 Å². The summed E-state index contributed by atoms with van der Waals surface area (Å²) in [4.78, 5) is 25.7. The quantitative estimate of drug-likeness (QED) is 0.720. The first-order chi connectivity index (χ1) is 11.9. The van der Waals surface area contributed by atoms with Crippen molar-refractivity contribution in [1.29, 1.82) is 0 Å². The average Bonchev–Trinajstić information content (AvgIpc) is 2.58. The highest BCUT2D eigenvalue weighted by Crippen LogP contribution is 2.31. The lowest BCUT2D eigenvalue weighted by molar-refractivity contribution is -0.117. The number of hydrogen-bond acceptors (Lipinski definition) is 4. The van der Waals surface area contributed by atoms with Gasteiger partial charge in [-0.25, -0.2) is 0 Å². The zero-order chi connectivity index (χ0) is 18.4. The fourth-order valence-electron chi connectivity index (χ4n) is 3.22. The number of amides is 2. The van der Waals surface area contributed by atoms with Crippen LogP contribution in [-0.2, 0) is 9.53 Å². The molecule has 7 heteroatoms. The number of hydrogen-bond donors (Lipinski definition) is 2. The Kier molecular flexibility index (Phi) is 7.25. The first-order valence-electron chi connectivity index (χ1n) is 8.65. The van der Waals surface area contributed by atoms with Gasteiger partial charge in [0.25, 0.3) is 5.91 Å². The van der Waals surface area contributed by atoms with Crippen LogP contribution in [0.1, 0.15) is 42.1 Å². The lowest BCUT2D eigenvalue weighted by Crippen LogP contribution is -2.40. The molecule has 25 heavy (non-hydrogen) atoms. The van der Waals surface area contributed by atoms with Crippen LogP contribution in [0.2, 0.25) is 0 Å². The molecule has 138 valence electrons. The fourth-order valence-corrected chi connectivity index (χ4v) is 3.66. The first kappa shape index (κ1) is 19.7. The Morgan fingerprint density at radius 3 is 2.64 bits per heavy atom. The van der Waals surface area contributed by atoms with Crippen molar-refractivity contribution in [3.05, 3.63) is 27.7 Å². The number of nitrogens with two attached hydrogens (primary N) is 1. The Morgan fingerprint density at radius 1 is 1.36 bits per heavy atom. The second-order valence-electron chi connectivity index (χ2n) is 6.20. The number of benzene rings is 1. The number of anilines is 1. The number of carbonyl (C=O) groups is 2. The molecule has 1 aliphatic rings. The SMILES string of the molecule is CCN(c1cc(Br)cc(C(=O)NCCC(N)=O)c1C)C1CCOCC1. The number of carbonyl (C=O) groups excluding carboxylic acids is 2. The summed E-state index contributed by atoms with van der Waals surface area (Å²) in [6.45, 7) is 6.75. The molecule has 1 saturated heterocycles. The predicted octanol–water partition coefficient (Wildman–Crippen LogP) is 2.37. The summed E-state index contributed by atoms with van der Waals surface area (Å²) < 4.78 is 6.33. The molecule has 2 amide bonds. The highest BCUT2D eigenvalue weighted by molar-refractivity contribution is 9.10. The second-order valence-corrected chi connectivity index (χ2v) is 7.11. The van der Waals surface area contributed by atoms with Crippen LogP contribution in [0.4, 0.5) is 5.69 Å². The molecule has 2 rings (SSSR count). The summed E-state index contributed by atoms with van der Waals surface area (Å²) in [5.74, 6) is -0.618. The maximum Gasteiger partial charge on any atom is 0.251 e. The van der Waals surface area contributed by atoms with Gasteiger partial charge in [-0.1, -0.05) is 15.9 Å². The average molecular weight is 412 g/mol. The van der Waals surface area contributed by atoms with Crippen LogP contribution >= 0.6 is 15.9 Å². The van der Waals surface area contributed by atoms with Gasteiger partial charge in [0.05, 0.1) is 0 Å². The van der Waals surface area contributed by atoms with Crippen LogP contribution < -0.4 is 16.0 Å². The number of primary amides is 1. The maximum absolute atomic E-state index is 12.5. The van der Waals surface area contributed by atoms with Gasteiger partial charge in [-0.05, 0) is 44.4 Å². The molecule has 6 nitrogen and oxygen atoms in total. The van der Waals surface area contributed by atoms with Crippen molar-refractivity contribution < 1.29 is 14.3 Å². The molecule has 0 aliphatic carbocycles. The smallest absolute Gasteiger partial charge is 0.251 e. The molecule has 3 N–H and O–H groups in total. The highest BCUT2D eigenvalue weighted by atomic mass is 79.9. The van der Waals surface area contributed by atoms with Gasteiger partial charge in [0.15, 0.2) is 0 Å². The van der Waals surface area contributed by atoms with Crippen LogP contribution in [0.25, 0.3) is 0 Å². The van der Waals surface area contributed by atoms with Crippen molar-refractivity contribution >= 4 is 33.4 Å². The molecule has 0 radical (unpaired) electrons. The third-order valence-electron chi connectivity index (χ3n) is 4.53. The molecule has 1 heterocycles. The number of nitrogens with one attached hydrogen (secondary N) is 1. The molecular weight excluding hydrogens is 386 g/mol. The Hall–Kier alpha value is -1.60. The minimum Gasteiger partial charge on any atom is -0.381 e. The summed E-state index contributed by atoms with van der Waals surface area (Å²) in [6, 6.07) is 4.29. The van der Waals surface area contributed by atoms with Gasteiger partial charge >= 0.3 is 0 Å². The molecule has 0 saturated carbocycles. The van der Waals surface area contributed by atoms with Crippen LogP contribution in [0.3, 0.4) is 0 Å². The van der Waals surface area contributed by atoms with Gasteiger partial charge in [-0.2, -0.15) is 0 Å². The van der Waals surface area contributed by atoms with E-state index < -0.39 is 5.91 Å². The minimum absolute atomic E-state index is 0.134. The van der Waals surface area contributed by atoms with Crippen LogP contribution in [-0.4, -0.2) is 44.2 Å². The Balaban J connectivity index is 2.25. The Bertz CT molecular complexity index is 630. The number of ether oxygens (including phenoxy) is 1. The molecular formula is C18H26BrN3O3. The molecule has 1 aliphatic heterocycles. The second kappa shape index (κ2) is 9.20. The van der Waals surface area contributed by atoms with E-state index in [1.54, 1.807) is 0 Å². The van der Waals surface area contributed by atoms with E-state index in [1.165, 1.54) is 0 Å². The van der Waals surface area contributed by atoms with Crippen LogP contribution in [0.15, 0.2) is 16.6 Å². The fraction of sp³-hybridized carbons (Fsp3) is 0.556. The van der Waals surface area contributed by atoms with E-state index in [1.807, 2.05) is 13.0 Å².